The fraction of sp³-hybridized carbons (Fsp3) is 0.294. The number of nitrogens with zero attached hydrogens (tertiary/aromatic N) is 3. The van der Waals surface area contributed by atoms with Crippen LogP contribution < -0.4 is 10.1 Å². The van der Waals surface area contributed by atoms with E-state index in [0.29, 0.717) is 18.3 Å². The third-order valence-corrected chi connectivity index (χ3v) is 8.71. The molecule has 0 spiro atoms. The van der Waals surface area contributed by atoms with Gasteiger partial charge in [-0.15, -0.1) is 0 Å². The molecule has 1 fully saturated rings. The molecule has 0 radical (unpaired) electrons. The molecule has 40 heavy (non-hydrogen) atoms. The van der Waals surface area contributed by atoms with Gasteiger partial charge in [0, 0.05) is 49.2 Å². The van der Waals surface area contributed by atoms with E-state index < -0.39 is 0 Å². The minimum Gasteiger partial charge on any atom is -0.496 e. The molecule has 2 heterocycles. The summed E-state index contributed by atoms with van der Waals surface area (Å²) >= 11 is 0. The molecule has 0 bridgehead atoms. The van der Waals surface area contributed by atoms with Crippen LogP contribution in [0.1, 0.15) is 58.2 Å². The van der Waals surface area contributed by atoms with Crippen molar-refractivity contribution in [1.82, 2.24) is 20.0 Å². The van der Waals surface area contributed by atoms with E-state index in [0.717, 1.165) is 61.2 Å². The molecule has 0 saturated heterocycles. The van der Waals surface area contributed by atoms with Crippen LogP contribution in [-0.2, 0) is 26.1 Å². The van der Waals surface area contributed by atoms with Crippen molar-refractivity contribution in [3.05, 3.63) is 107 Å². The summed E-state index contributed by atoms with van der Waals surface area (Å²) < 4.78 is 7.80. The summed E-state index contributed by atoms with van der Waals surface area (Å²) in [6.45, 7) is 2.96. The van der Waals surface area contributed by atoms with E-state index in [4.69, 9.17) is 9.84 Å². The summed E-state index contributed by atoms with van der Waals surface area (Å²) in [7, 11) is 1.72. The predicted octanol–water partition coefficient (Wildman–Crippen LogP) is 6.41. The minimum absolute atomic E-state index is 0.0843. The highest BCUT2D eigenvalue weighted by molar-refractivity contribution is 5.95. The van der Waals surface area contributed by atoms with Gasteiger partial charge in [-0.3, -0.25) is 14.4 Å². The van der Waals surface area contributed by atoms with Gasteiger partial charge in [0.1, 0.15) is 5.75 Å². The summed E-state index contributed by atoms with van der Waals surface area (Å²) in [6.07, 6.45) is 4.43. The third-order valence-electron chi connectivity index (χ3n) is 8.71. The van der Waals surface area contributed by atoms with Gasteiger partial charge in [-0.05, 0) is 52.6 Å². The lowest BCUT2D eigenvalue weighted by atomic mass is 9.92. The van der Waals surface area contributed by atoms with Crippen LogP contribution in [0.3, 0.4) is 0 Å². The average Bonchev–Trinajstić information content (AvgIpc) is 3.33. The molecule has 7 rings (SSSR count). The van der Waals surface area contributed by atoms with Gasteiger partial charge in [-0.2, -0.15) is 5.10 Å². The molecular weight excluding hydrogens is 496 g/mol. The summed E-state index contributed by atoms with van der Waals surface area (Å²) in [4.78, 5) is 16.1. The van der Waals surface area contributed by atoms with Crippen molar-refractivity contribution in [1.29, 1.82) is 0 Å². The van der Waals surface area contributed by atoms with E-state index in [9.17, 15) is 4.79 Å². The number of aromatic nitrogens is 2. The van der Waals surface area contributed by atoms with Crippen molar-refractivity contribution in [2.75, 3.05) is 13.7 Å². The van der Waals surface area contributed by atoms with Crippen LogP contribution in [0.25, 0.3) is 21.5 Å². The standard InChI is InChI=1S/C34H34N4O2/c1-40-32-17-16-25(28-14-4-5-15-29(28)32)21-37-19-18-31-30(22-37)33(36-38(31)26-11-7-12-26)34(39)35-20-24-10-6-9-23-8-2-3-13-27(23)24/h2-6,8-10,13-17,26H,7,11-12,18-22H2,1H3,(H,35,39). The summed E-state index contributed by atoms with van der Waals surface area (Å²) in [5.74, 6) is 0.811. The number of ether oxygens (including phenoxy) is 1. The molecule has 1 N–H and O–H groups in total. The zero-order valence-electron chi connectivity index (χ0n) is 22.9. The summed E-state index contributed by atoms with van der Waals surface area (Å²) in [6, 6.07) is 27.7. The lowest BCUT2D eigenvalue weighted by Gasteiger charge is -2.31. The Kier molecular flexibility index (Phi) is 6.48. The minimum atomic E-state index is -0.0843. The van der Waals surface area contributed by atoms with Crippen LogP contribution in [0.4, 0.5) is 0 Å². The van der Waals surface area contributed by atoms with E-state index in [-0.39, 0.29) is 5.91 Å². The maximum Gasteiger partial charge on any atom is 0.272 e. The number of nitrogens with one attached hydrogen (secondary N) is 1. The van der Waals surface area contributed by atoms with Gasteiger partial charge in [-0.1, -0.05) is 72.8 Å². The first-order valence-corrected chi connectivity index (χ1v) is 14.3. The van der Waals surface area contributed by atoms with Crippen molar-refractivity contribution >= 4 is 27.5 Å². The molecule has 5 aromatic rings. The molecule has 2 aliphatic rings. The van der Waals surface area contributed by atoms with E-state index in [1.807, 2.05) is 12.1 Å². The second kappa shape index (κ2) is 10.4. The number of methoxy groups -OCH3 is 1. The number of benzene rings is 4. The molecule has 1 amide bonds. The zero-order chi connectivity index (χ0) is 27.1. The van der Waals surface area contributed by atoms with Crippen LogP contribution in [-0.4, -0.2) is 34.2 Å². The number of hydrogen-bond acceptors (Lipinski definition) is 4. The second-order valence-corrected chi connectivity index (χ2v) is 11.1. The quantitative estimate of drug-likeness (QED) is 0.264. The van der Waals surface area contributed by atoms with Gasteiger partial charge in [0.15, 0.2) is 5.69 Å². The van der Waals surface area contributed by atoms with Crippen LogP contribution in [0, 0.1) is 0 Å². The van der Waals surface area contributed by atoms with Crippen LogP contribution in [0.5, 0.6) is 5.75 Å². The Bertz CT molecular complexity index is 1710. The molecule has 202 valence electrons. The lowest BCUT2D eigenvalue weighted by Crippen LogP contribution is -2.33. The molecule has 1 aliphatic heterocycles. The Labute approximate surface area is 234 Å². The summed E-state index contributed by atoms with van der Waals surface area (Å²) in [5, 5.41) is 12.9. The maximum absolute atomic E-state index is 13.7. The predicted molar refractivity (Wildman–Crippen MR) is 159 cm³/mol. The van der Waals surface area contributed by atoms with Crippen molar-refractivity contribution in [2.24, 2.45) is 0 Å². The van der Waals surface area contributed by atoms with Crippen molar-refractivity contribution < 1.29 is 9.53 Å². The topological polar surface area (TPSA) is 59.4 Å². The van der Waals surface area contributed by atoms with Crippen LogP contribution in [0.2, 0.25) is 0 Å². The molecule has 0 atom stereocenters. The first-order valence-electron chi connectivity index (χ1n) is 14.3. The highest BCUT2D eigenvalue weighted by Crippen LogP contribution is 2.36. The van der Waals surface area contributed by atoms with E-state index in [2.05, 4.69) is 81.6 Å². The fourth-order valence-corrected chi connectivity index (χ4v) is 6.35. The van der Waals surface area contributed by atoms with Gasteiger partial charge < -0.3 is 10.1 Å². The van der Waals surface area contributed by atoms with Gasteiger partial charge in [0.05, 0.1) is 13.2 Å². The Morgan fingerprint density at radius 2 is 1.70 bits per heavy atom. The Hall–Kier alpha value is -4.16. The van der Waals surface area contributed by atoms with Gasteiger partial charge in [0.25, 0.3) is 5.91 Å². The van der Waals surface area contributed by atoms with Gasteiger partial charge >= 0.3 is 0 Å². The first-order chi connectivity index (χ1) is 19.7. The largest absolute Gasteiger partial charge is 0.496 e. The maximum atomic E-state index is 13.7. The second-order valence-electron chi connectivity index (χ2n) is 11.1. The van der Waals surface area contributed by atoms with Gasteiger partial charge in [-0.25, -0.2) is 0 Å². The van der Waals surface area contributed by atoms with Gasteiger partial charge in [0.2, 0.25) is 0 Å². The molecule has 1 saturated carbocycles. The van der Waals surface area contributed by atoms with E-state index in [1.165, 1.54) is 33.8 Å². The van der Waals surface area contributed by atoms with E-state index >= 15 is 0 Å². The molecule has 6 nitrogen and oxygen atoms in total. The molecule has 4 aromatic carbocycles. The van der Waals surface area contributed by atoms with Crippen LogP contribution >= 0.6 is 0 Å². The molecule has 1 aliphatic carbocycles. The SMILES string of the molecule is COc1ccc(CN2CCc3c(c(C(=O)NCc4cccc5ccccc45)nn3C3CCC3)C2)c2ccccc12. The molecular formula is C34H34N4O2. The van der Waals surface area contributed by atoms with Crippen molar-refractivity contribution in [3.8, 4) is 5.75 Å². The zero-order valence-corrected chi connectivity index (χ0v) is 22.9. The number of carbonyl (C=O) groups is 1. The van der Waals surface area contributed by atoms with Crippen molar-refractivity contribution in [3.63, 3.8) is 0 Å². The normalized spacial score (nSPS) is 15.6. The molecule has 6 heteroatoms. The Morgan fingerprint density at radius 3 is 2.50 bits per heavy atom. The highest BCUT2D eigenvalue weighted by Gasteiger charge is 2.32. The third kappa shape index (κ3) is 4.42. The Balaban J connectivity index is 1.16. The number of amides is 1. The number of carbonyl (C=O) groups excluding carboxylic acids is 1. The Morgan fingerprint density at radius 1 is 0.925 bits per heavy atom. The molecule has 1 aromatic heterocycles. The summed E-state index contributed by atoms with van der Waals surface area (Å²) in [5.41, 5.74) is 5.31. The number of rotatable bonds is 7. The smallest absolute Gasteiger partial charge is 0.272 e. The highest BCUT2D eigenvalue weighted by atomic mass is 16.5. The lowest BCUT2D eigenvalue weighted by molar-refractivity contribution is 0.0942. The molecule has 0 unspecified atom stereocenters. The number of fused-ring (bicyclic) bond motifs is 3. The van der Waals surface area contributed by atoms with Crippen molar-refractivity contribution in [2.45, 2.75) is 51.4 Å². The fourth-order valence-electron chi connectivity index (χ4n) is 6.35. The monoisotopic (exact) mass is 530 g/mol. The first kappa shape index (κ1) is 24.9. The number of hydrogen-bond donors (Lipinski definition) is 1. The van der Waals surface area contributed by atoms with E-state index in [1.54, 1.807) is 7.11 Å². The van der Waals surface area contributed by atoms with Crippen LogP contribution in [0.15, 0.2) is 78.9 Å². The average molecular weight is 531 g/mol.